The van der Waals surface area contributed by atoms with Crippen LogP contribution in [0.5, 0.6) is 0 Å². The third kappa shape index (κ3) is 2.39. The van der Waals surface area contributed by atoms with Gasteiger partial charge in [0.1, 0.15) is 0 Å². The second kappa shape index (κ2) is 4.50. The summed E-state index contributed by atoms with van der Waals surface area (Å²) in [5, 5.41) is 2.61. The van der Waals surface area contributed by atoms with E-state index in [1.807, 2.05) is 13.8 Å². The molecule has 74 valence electrons. The molecule has 0 aliphatic heterocycles. The van der Waals surface area contributed by atoms with Gasteiger partial charge in [-0.15, -0.1) is 0 Å². The van der Waals surface area contributed by atoms with Crippen molar-refractivity contribution >= 4 is 11.7 Å². The van der Waals surface area contributed by atoms with Crippen molar-refractivity contribution in [3.8, 4) is 0 Å². The molecule has 0 radical (unpaired) electrons. The zero-order valence-electron chi connectivity index (χ0n) is 8.32. The van der Waals surface area contributed by atoms with Crippen molar-refractivity contribution in [2.45, 2.75) is 19.8 Å². The second-order valence-corrected chi connectivity index (χ2v) is 3.14. The number of hydrogen-bond acceptors (Lipinski definition) is 3. The molecule has 0 unspecified atom stereocenters. The number of nitrogens with zero attached hydrogens (tertiary/aromatic N) is 2. The largest absolute Gasteiger partial charge is 0.306 e. The van der Waals surface area contributed by atoms with Gasteiger partial charge in [0.2, 0.25) is 5.91 Å². The van der Waals surface area contributed by atoms with Crippen molar-refractivity contribution < 1.29 is 4.79 Å². The van der Waals surface area contributed by atoms with Crippen LogP contribution >= 0.6 is 0 Å². The van der Waals surface area contributed by atoms with Crippen LogP contribution < -0.4 is 5.32 Å². The van der Waals surface area contributed by atoms with E-state index < -0.39 is 0 Å². The van der Waals surface area contributed by atoms with Gasteiger partial charge in [-0.1, -0.05) is 20.4 Å². The van der Waals surface area contributed by atoms with E-state index >= 15 is 0 Å². The molecule has 0 bridgehead atoms. The van der Waals surface area contributed by atoms with Crippen LogP contribution in [-0.4, -0.2) is 15.9 Å². The van der Waals surface area contributed by atoms with Crippen LogP contribution in [0.3, 0.4) is 0 Å². The molecule has 0 aliphatic carbocycles. The number of carbonyl (C=O) groups excluding carboxylic acids is 1. The summed E-state index contributed by atoms with van der Waals surface area (Å²) in [5.41, 5.74) is 0.780. The zero-order valence-corrected chi connectivity index (χ0v) is 8.32. The van der Waals surface area contributed by atoms with E-state index in [-0.39, 0.29) is 11.8 Å². The predicted octanol–water partition coefficient (Wildman–Crippen LogP) is 1.72. The lowest BCUT2D eigenvalue weighted by atomic mass is 10.1. The van der Waals surface area contributed by atoms with Gasteiger partial charge in [-0.3, -0.25) is 9.78 Å². The lowest BCUT2D eigenvalue weighted by molar-refractivity contribution is -0.111. The molecule has 1 aromatic heterocycles. The summed E-state index contributed by atoms with van der Waals surface area (Å²) in [7, 11) is 0. The van der Waals surface area contributed by atoms with Crippen LogP contribution in [-0.2, 0) is 4.79 Å². The highest BCUT2D eigenvalue weighted by Gasteiger charge is 2.09. The molecular weight excluding hydrogens is 178 g/mol. The molecule has 0 aliphatic rings. The molecular formula is C10H13N3O. The Morgan fingerprint density at radius 2 is 2.14 bits per heavy atom. The van der Waals surface area contributed by atoms with Crippen LogP contribution in [0.1, 0.15) is 25.5 Å². The molecule has 4 heteroatoms. The highest BCUT2D eigenvalue weighted by Crippen LogP contribution is 2.18. The summed E-state index contributed by atoms with van der Waals surface area (Å²) in [6, 6.07) is 0. The van der Waals surface area contributed by atoms with Crippen molar-refractivity contribution in [2.24, 2.45) is 0 Å². The summed E-state index contributed by atoms with van der Waals surface area (Å²) >= 11 is 0. The normalized spacial score (nSPS) is 9.93. The first-order valence-corrected chi connectivity index (χ1v) is 4.39. The maximum Gasteiger partial charge on any atom is 0.248 e. The average molecular weight is 191 g/mol. The van der Waals surface area contributed by atoms with E-state index in [1.54, 1.807) is 12.4 Å². The zero-order chi connectivity index (χ0) is 10.6. The van der Waals surface area contributed by atoms with Crippen LogP contribution in [0.2, 0.25) is 0 Å². The first-order valence-electron chi connectivity index (χ1n) is 4.39. The molecule has 1 N–H and O–H groups in total. The first kappa shape index (κ1) is 10.4. The highest BCUT2D eigenvalue weighted by molar-refractivity contribution is 5.98. The number of hydrogen-bond donors (Lipinski definition) is 1. The molecule has 1 aromatic rings. The monoisotopic (exact) mass is 191 g/mol. The fraction of sp³-hybridized carbons (Fsp3) is 0.300. The molecule has 0 aromatic carbocycles. The van der Waals surface area contributed by atoms with E-state index in [0.717, 1.165) is 5.69 Å². The lowest BCUT2D eigenvalue weighted by Gasteiger charge is -2.09. The molecule has 4 nitrogen and oxygen atoms in total. The number of aromatic nitrogens is 2. The predicted molar refractivity (Wildman–Crippen MR) is 54.9 cm³/mol. The second-order valence-electron chi connectivity index (χ2n) is 3.14. The number of amides is 1. The van der Waals surface area contributed by atoms with Crippen molar-refractivity contribution in [1.29, 1.82) is 0 Å². The summed E-state index contributed by atoms with van der Waals surface area (Å²) in [5.74, 6) is 0.462. The minimum absolute atomic E-state index is 0.226. The molecule has 1 amide bonds. The van der Waals surface area contributed by atoms with Crippen LogP contribution in [0.15, 0.2) is 25.0 Å². The maximum atomic E-state index is 11.1. The van der Waals surface area contributed by atoms with Gasteiger partial charge >= 0.3 is 0 Å². The van der Waals surface area contributed by atoms with Gasteiger partial charge < -0.3 is 5.32 Å². The molecule has 0 atom stereocenters. The molecule has 0 saturated heterocycles. The van der Waals surface area contributed by atoms with Gasteiger partial charge in [0, 0.05) is 12.4 Å². The number of rotatable bonds is 3. The smallest absolute Gasteiger partial charge is 0.248 e. The molecule has 0 fully saturated rings. The van der Waals surface area contributed by atoms with E-state index in [9.17, 15) is 4.79 Å². The molecule has 14 heavy (non-hydrogen) atoms. The minimum atomic E-state index is -0.271. The van der Waals surface area contributed by atoms with E-state index in [0.29, 0.717) is 5.82 Å². The van der Waals surface area contributed by atoms with Crippen LogP contribution in [0.4, 0.5) is 5.82 Å². The van der Waals surface area contributed by atoms with Crippen molar-refractivity contribution in [1.82, 2.24) is 9.97 Å². The van der Waals surface area contributed by atoms with Gasteiger partial charge in [-0.05, 0) is 12.0 Å². The van der Waals surface area contributed by atoms with Gasteiger partial charge in [0.05, 0.1) is 5.69 Å². The van der Waals surface area contributed by atoms with Crippen LogP contribution in [0, 0.1) is 0 Å². The number of carbonyl (C=O) groups is 1. The Hall–Kier alpha value is -1.71. The quantitative estimate of drug-likeness (QED) is 0.740. The Balaban J connectivity index is 2.95. The van der Waals surface area contributed by atoms with Crippen molar-refractivity contribution in [3.05, 3.63) is 30.7 Å². The Labute approximate surface area is 83.1 Å². The van der Waals surface area contributed by atoms with Gasteiger partial charge in [0.15, 0.2) is 5.82 Å². The van der Waals surface area contributed by atoms with E-state index in [4.69, 9.17) is 0 Å². The fourth-order valence-electron chi connectivity index (χ4n) is 1.04. The fourth-order valence-corrected chi connectivity index (χ4v) is 1.04. The molecule has 1 rings (SSSR count). The van der Waals surface area contributed by atoms with E-state index in [2.05, 4.69) is 21.9 Å². The Kier molecular flexibility index (Phi) is 3.34. The topological polar surface area (TPSA) is 54.9 Å². The average Bonchev–Trinajstić information content (AvgIpc) is 2.18. The van der Waals surface area contributed by atoms with Gasteiger partial charge in [-0.25, -0.2) is 4.98 Å². The Morgan fingerprint density at radius 1 is 1.50 bits per heavy atom. The lowest BCUT2D eigenvalue weighted by Crippen LogP contribution is -2.12. The highest BCUT2D eigenvalue weighted by atomic mass is 16.1. The van der Waals surface area contributed by atoms with Crippen LogP contribution in [0.25, 0.3) is 0 Å². The summed E-state index contributed by atoms with van der Waals surface area (Å²) in [4.78, 5) is 19.3. The first-order chi connectivity index (χ1) is 6.65. The maximum absolute atomic E-state index is 11.1. The third-order valence-corrected chi connectivity index (χ3v) is 1.70. The Bertz CT molecular complexity index is 347. The molecule has 0 saturated carbocycles. The van der Waals surface area contributed by atoms with Gasteiger partial charge in [0.25, 0.3) is 0 Å². The SMILES string of the molecule is C=CC(=O)Nc1nccnc1C(C)C. The number of nitrogens with one attached hydrogen (secondary N) is 1. The molecule has 0 spiro atoms. The van der Waals surface area contributed by atoms with Gasteiger partial charge in [-0.2, -0.15) is 0 Å². The molecule has 1 heterocycles. The van der Waals surface area contributed by atoms with Crippen molar-refractivity contribution in [3.63, 3.8) is 0 Å². The minimum Gasteiger partial charge on any atom is -0.306 e. The summed E-state index contributed by atoms with van der Waals surface area (Å²) in [6.07, 6.45) is 4.36. The van der Waals surface area contributed by atoms with Crippen molar-refractivity contribution in [2.75, 3.05) is 5.32 Å². The summed E-state index contributed by atoms with van der Waals surface area (Å²) < 4.78 is 0. The van der Waals surface area contributed by atoms with E-state index in [1.165, 1.54) is 6.08 Å². The summed E-state index contributed by atoms with van der Waals surface area (Å²) in [6.45, 7) is 7.36. The standard InChI is InChI=1S/C10H13N3O/c1-4-8(14)13-10-9(7(2)3)11-5-6-12-10/h4-7H,1H2,2-3H3,(H,12,13,14). The number of anilines is 1. The third-order valence-electron chi connectivity index (χ3n) is 1.70. The Morgan fingerprint density at radius 3 is 2.71 bits per heavy atom.